The molecule has 0 bridgehead atoms. The van der Waals surface area contributed by atoms with E-state index in [2.05, 4.69) is 44.1 Å². The minimum Gasteiger partial charge on any atom is -0.373 e. The number of rotatable bonds is 3. The molecule has 1 fully saturated rings. The Kier molecular flexibility index (Phi) is 4.36. The summed E-state index contributed by atoms with van der Waals surface area (Å²) < 4.78 is 6.72. The number of likely N-dealkylation sites (N-methyl/N-ethyl adjacent to an activating group) is 1. The quantitative estimate of drug-likeness (QED) is 0.919. The number of nitrogens with one attached hydrogen (secondary N) is 1. The minimum atomic E-state index is 0.249. The van der Waals surface area contributed by atoms with Crippen molar-refractivity contribution in [3.05, 3.63) is 22.3 Å². The first-order valence-corrected chi connectivity index (χ1v) is 6.63. The van der Waals surface area contributed by atoms with Gasteiger partial charge in [-0.15, -0.1) is 0 Å². The van der Waals surface area contributed by atoms with E-state index >= 15 is 0 Å². The molecule has 1 saturated heterocycles. The van der Waals surface area contributed by atoms with Gasteiger partial charge in [0.25, 0.3) is 0 Å². The number of nitrogens with zero attached hydrogens (tertiary/aromatic N) is 2. The number of morpholine rings is 1. The van der Waals surface area contributed by atoms with Gasteiger partial charge >= 0.3 is 0 Å². The van der Waals surface area contributed by atoms with Crippen LogP contribution >= 0.6 is 15.9 Å². The molecule has 4 nitrogen and oxygen atoms in total. The largest absolute Gasteiger partial charge is 0.373 e. The van der Waals surface area contributed by atoms with Gasteiger partial charge in [-0.3, -0.25) is 0 Å². The molecule has 5 heteroatoms. The zero-order chi connectivity index (χ0) is 12.3. The summed E-state index contributed by atoms with van der Waals surface area (Å²) in [6.07, 6.45) is 2.10. The predicted molar refractivity (Wildman–Crippen MR) is 72.6 cm³/mol. The number of halogens is 1. The first kappa shape index (κ1) is 12.8. The van der Waals surface area contributed by atoms with Gasteiger partial charge in [-0.1, -0.05) is 0 Å². The summed E-state index contributed by atoms with van der Waals surface area (Å²) >= 11 is 3.44. The third-order valence-corrected chi connectivity index (χ3v) is 3.32. The van der Waals surface area contributed by atoms with Gasteiger partial charge in [0.1, 0.15) is 5.82 Å². The van der Waals surface area contributed by atoms with E-state index in [1.165, 1.54) is 5.56 Å². The zero-order valence-corrected chi connectivity index (χ0v) is 11.8. The van der Waals surface area contributed by atoms with Crippen molar-refractivity contribution < 1.29 is 4.74 Å². The number of ether oxygens (including phenoxy) is 1. The number of hydrogen-bond acceptors (Lipinski definition) is 4. The standard InChI is InChI=1S/C12H18BrN3O/c1-9-5-10(13)6-15-12(9)16-3-4-17-11(8-16)7-14-2/h5-6,11,14H,3-4,7-8H2,1-2H3. The van der Waals surface area contributed by atoms with E-state index in [-0.39, 0.29) is 6.10 Å². The molecule has 0 amide bonds. The fourth-order valence-electron chi connectivity index (χ4n) is 2.13. The second-order valence-corrected chi connectivity index (χ2v) is 5.21. The summed E-state index contributed by atoms with van der Waals surface area (Å²) in [5.41, 5.74) is 1.20. The second-order valence-electron chi connectivity index (χ2n) is 4.29. The van der Waals surface area contributed by atoms with E-state index in [1.54, 1.807) is 0 Å². The van der Waals surface area contributed by atoms with Crippen molar-refractivity contribution in [2.75, 3.05) is 38.2 Å². The van der Waals surface area contributed by atoms with E-state index in [0.717, 1.165) is 36.5 Å². The van der Waals surface area contributed by atoms with Crippen LogP contribution in [0.15, 0.2) is 16.7 Å². The summed E-state index contributed by atoms with van der Waals surface area (Å²) in [6, 6.07) is 2.10. The van der Waals surface area contributed by atoms with Crippen LogP contribution in [0.3, 0.4) is 0 Å². The maximum Gasteiger partial charge on any atom is 0.131 e. The fraction of sp³-hybridized carbons (Fsp3) is 0.583. The molecule has 0 radical (unpaired) electrons. The highest BCUT2D eigenvalue weighted by atomic mass is 79.9. The molecule has 0 saturated carbocycles. The summed E-state index contributed by atoms with van der Waals surface area (Å²) in [4.78, 5) is 6.80. The first-order chi connectivity index (χ1) is 8.20. The number of pyridine rings is 1. The van der Waals surface area contributed by atoms with Crippen LogP contribution in [0.25, 0.3) is 0 Å². The molecule has 2 rings (SSSR count). The Morgan fingerprint density at radius 2 is 2.47 bits per heavy atom. The number of hydrogen-bond donors (Lipinski definition) is 1. The molecule has 0 aromatic carbocycles. The molecule has 1 atom stereocenters. The highest BCUT2D eigenvalue weighted by Gasteiger charge is 2.21. The van der Waals surface area contributed by atoms with Crippen LogP contribution in [0.2, 0.25) is 0 Å². The molecule has 1 unspecified atom stereocenters. The molecule has 94 valence electrons. The topological polar surface area (TPSA) is 37.4 Å². The summed E-state index contributed by atoms with van der Waals surface area (Å²) in [5.74, 6) is 1.07. The van der Waals surface area contributed by atoms with Crippen LogP contribution in [-0.2, 0) is 4.74 Å². The van der Waals surface area contributed by atoms with Crippen LogP contribution in [0.5, 0.6) is 0 Å². The van der Waals surface area contributed by atoms with Gasteiger partial charge in [0.05, 0.1) is 12.7 Å². The maximum atomic E-state index is 5.69. The summed E-state index contributed by atoms with van der Waals surface area (Å²) in [5, 5.41) is 3.15. The Hall–Kier alpha value is -0.650. The number of aryl methyl sites for hydroxylation is 1. The SMILES string of the molecule is CNCC1CN(c2ncc(Br)cc2C)CCO1. The molecule has 1 aromatic rings. The minimum absolute atomic E-state index is 0.249. The molecule has 1 aliphatic rings. The van der Waals surface area contributed by atoms with Crippen molar-refractivity contribution in [1.82, 2.24) is 10.3 Å². The Morgan fingerprint density at radius 1 is 1.65 bits per heavy atom. The van der Waals surface area contributed by atoms with Crippen LogP contribution < -0.4 is 10.2 Å². The van der Waals surface area contributed by atoms with Gasteiger partial charge in [-0.25, -0.2) is 4.98 Å². The third kappa shape index (κ3) is 3.18. The molecular formula is C12H18BrN3O. The van der Waals surface area contributed by atoms with Crippen molar-refractivity contribution in [3.63, 3.8) is 0 Å². The zero-order valence-electron chi connectivity index (χ0n) is 10.2. The molecule has 1 aliphatic heterocycles. The Labute approximate surface area is 110 Å². The van der Waals surface area contributed by atoms with Gasteiger partial charge in [-0.05, 0) is 41.5 Å². The van der Waals surface area contributed by atoms with Crippen LogP contribution in [-0.4, -0.2) is 44.4 Å². The van der Waals surface area contributed by atoms with Gasteiger partial charge in [0, 0.05) is 30.3 Å². The van der Waals surface area contributed by atoms with E-state index in [4.69, 9.17) is 4.74 Å². The summed E-state index contributed by atoms with van der Waals surface area (Å²) in [7, 11) is 1.95. The normalized spacial score (nSPS) is 20.6. The molecule has 17 heavy (non-hydrogen) atoms. The molecule has 0 spiro atoms. The maximum absolute atomic E-state index is 5.69. The predicted octanol–water partition coefficient (Wildman–Crippen LogP) is 1.58. The van der Waals surface area contributed by atoms with Gasteiger partial charge in [0.2, 0.25) is 0 Å². The second kappa shape index (κ2) is 5.80. The van der Waals surface area contributed by atoms with Crippen molar-refractivity contribution in [2.24, 2.45) is 0 Å². The molecule has 2 heterocycles. The van der Waals surface area contributed by atoms with Crippen LogP contribution in [0, 0.1) is 6.92 Å². The van der Waals surface area contributed by atoms with E-state index in [9.17, 15) is 0 Å². The summed E-state index contributed by atoms with van der Waals surface area (Å²) in [6.45, 7) is 5.55. The Balaban J connectivity index is 2.10. The average Bonchev–Trinajstić information content (AvgIpc) is 2.29. The first-order valence-electron chi connectivity index (χ1n) is 5.84. The highest BCUT2D eigenvalue weighted by molar-refractivity contribution is 9.10. The number of aromatic nitrogens is 1. The van der Waals surface area contributed by atoms with Crippen LogP contribution in [0.1, 0.15) is 5.56 Å². The van der Waals surface area contributed by atoms with Gasteiger partial charge in [0.15, 0.2) is 0 Å². The number of anilines is 1. The average molecular weight is 300 g/mol. The molecule has 0 aliphatic carbocycles. The Bertz CT molecular complexity index is 384. The Morgan fingerprint density at radius 3 is 3.18 bits per heavy atom. The third-order valence-electron chi connectivity index (χ3n) is 2.89. The van der Waals surface area contributed by atoms with Gasteiger partial charge in [-0.2, -0.15) is 0 Å². The van der Waals surface area contributed by atoms with E-state index in [0.29, 0.717) is 0 Å². The molecule has 1 N–H and O–H groups in total. The smallest absolute Gasteiger partial charge is 0.131 e. The fourth-order valence-corrected chi connectivity index (χ4v) is 2.57. The lowest BCUT2D eigenvalue weighted by Crippen LogP contribution is -2.46. The van der Waals surface area contributed by atoms with Crippen molar-refractivity contribution in [3.8, 4) is 0 Å². The monoisotopic (exact) mass is 299 g/mol. The lowest BCUT2D eigenvalue weighted by molar-refractivity contribution is 0.0418. The van der Waals surface area contributed by atoms with E-state index < -0.39 is 0 Å². The molecule has 1 aromatic heterocycles. The van der Waals surface area contributed by atoms with Crippen molar-refractivity contribution in [2.45, 2.75) is 13.0 Å². The van der Waals surface area contributed by atoms with Crippen LogP contribution in [0.4, 0.5) is 5.82 Å². The lowest BCUT2D eigenvalue weighted by Gasteiger charge is -2.34. The van der Waals surface area contributed by atoms with E-state index in [1.807, 2.05) is 13.2 Å². The van der Waals surface area contributed by atoms with Gasteiger partial charge < -0.3 is 15.0 Å². The lowest BCUT2D eigenvalue weighted by atomic mass is 10.2. The molecular weight excluding hydrogens is 282 g/mol. The van der Waals surface area contributed by atoms with Crippen molar-refractivity contribution >= 4 is 21.7 Å². The van der Waals surface area contributed by atoms with Crippen molar-refractivity contribution in [1.29, 1.82) is 0 Å². The highest BCUT2D eigenvalue weighted by Crippen LogP contribution is 2.22.